The van der Waals surface area contributed by atoms with Gasteiger partial charge < -0.3 is 14.7 Å². The number of esters is 1. The molecule has 0 spiro atoms. The van der Waals surface area contributed by atoms with Crippen LogP contribution in [-0.2, 0) is 19.1 Å². The first-order valence-electron chi connectivity index (χ1n) is 7.42. The van der Waals surface area contributed by atoms with E-state index in [-0.39, 0.29) is 5.91 Å². The molecule has 0 aromatic heterocycles. The predicted octanol–water partition coefficient (Wildman–Crippen LogP) is 1.82. The molecule has 0 saturated carbocycles. The highest BCUT2D eigenvalue weighted by Crippen LogP contribution is 2.25. The molecule has 1 aliphatic heterocycles. The Kier molecular flexibility index (Phi) is 5.75. The minimum atomic E-state index is -1.33. The summed E-state index contributed by atoms with van der Waals surface area (Å²) in [6.45, 7) is 7.50. The van der Waals surface area contributed by atoms with E-state index >= 15 is 0 Å². The Balaban J connectivity index is 3.00. The smallest absolute Gasteiger partial charge is 0.322 e. The molecule has 0 aromatic rings. The molecule has 0 bridgehead atoms. The summed E-state index contributed by atoms with van der Waals surface area (Å²) in [4.78, 5) is 37.2. The lowest BCUT2D eigenvalue weighted by Crippen LogP contribution is -2.49. The number of likely N-dealkylation sites (tertiary alicyclic amines) is 1. The molecule has 1 fully saturated rings. The molecule has 0 radical (unpaired) electrons. The summed E-state index contributed by atoms with van der Waals surface area (Å²) in [5.74, 6) is -3.41. The largest absolute Gasteiger partial charge is 0.481 e. The highest BCUT2D eigenvalue weighted by Gasteiger charge is 2.43. The standard InChI is InChI=1S/C15H25NO5/c1-5-7-10(16-9-6-8-11(16)17)12(13(18)19)14(20)21-15(2,3)4/h10,12H,5-9H2,1-4H3,(H,18,19). The second kappa shape index (κ2) is 6.91. The van der Waals surface area contributed by atoms with E-state index in [4.69, 9.17) is 4.74 Å². The second-order valence-electron chi connectivity index (χ2n) is 6.40. The van der Waals surface area contributed by atoms with Crippen LogP contribution in [0.1, 0.15) is 53.4 Å². The van der Waals surface area contributed by atoms with Gasteiger partial charge in [0, 0.05) is 13.0 Å². The van der Waals surface area contributed by atoms with E-state index in [2.05, 4.69) is 0 Å². The molecule has 6 nitrogen and oxygen atoms in total. The number of carboxylic acids is 1. The van der Waals surface area contributed by atoms with Gasteiger partial charge in [-0.05, 0) is 33.6 Å². The van der Waals surface area contributed by atoms with Gasteiger partial charge in [-0.15, -0.1) is 0 Å². The van der Waals surface area contributed by atoms with Crippen LogP contribution < -0.4 is 0 Å². The molecular weight excluding hydrogens is 274 g/mol. The third-order valence-electron chi connectivity index (χ3n) is 3.41. The van der Waals surface area contributed by atoms with Crippen LogP contribution in [0.5, 0.6) is 0 Å². The van der Waals surface area contributed by atoms with Gasteiger partial charge in [0.2, 0.25) is 5.91 Å². The van der Waals surface area contributed by atoms with E-state index in [1.54, 1.807) is 20.8 Å². The average molecular weight is 299 g/mol. The maximum Gasteiger partial charge on any atom is 0.322 e. The van der Waals surface area contributed by atoms with Crippen LogP contribution in [-0.4, -0.2) is 46.0 Å². The van der Waals surface area contributed by atoms with Crippen molar-refractivity contribution in [3.05, 3.63) is 0 Å². The quantitative estimate of drug-likeness (QED) is 0.597. The number of carbonyl (C=O) groups excluding carboxylic acids is 2. The van der Waals surface area contributed by atoms with Crippen molar-refractivity contribution in [3.8, 4) is 0 Å². The van der Waals surface area contributed by atoms with Crippen molar-refractivity contribution >= 4 is 17.8 Å². The highest BCUT2D eigenvalue weighted by atomic mass is 16.6. The molecule has 1 saturated heterocycles. The molecule has 1 N–H and O–H groups in total. The van der Waals surface area contributed by atoms with E-state index in [0.29, 0.717) is 32.2 Å². The lowest BCUT2D eigenvalue weighted by Gasteiger charge is -2.32. The summed E-state index contributed by atoms with van der Waals surface area (Å²) >= 11 is 0. The second-order valence-corrected chi connectivity index (χ2v) is 6.40. The first-order valence-corrected chi connectivity index (χ1v) is 7.42. The summed E-state index contributed by atoms with van der Waals surface area (Å²) in [6, 6.07) is -0.627. The number of aliphatic carboxylic acids is 1. The number of carboxylic acid groups (broad SMARTS) is 1. The number of ether oxygens (including phenoxy) is 1. The van der Waals surface area contributed by atoms with E-state index in [0.717, 1.165) is 0 Å². The zero-order valence-electron chi connectivity index (χ0n) is 13.2. The third kappa shape index (κ3) is 4.72. The van der Waals surface area contributed by atoms with Crippen LogP contribution >= 0.6 is 0 Å². The Bertz CT molecular complexity index is 413. The summed E-state index contributed by atoms with van der Waals surface area (Å²) in [5.41, 5.74) is -0.753. The van der Waals surface area contributed by atoms with Gasteiger partial charge in [-0.25, -0.2) is 0 Å². The molecule has 21 heavy (non-hydrogen) atoms. The number of amides is 1. The van der Waals surface area contributed by atoms with Crippen molar-refractivity contribution in [1.29, 1.82) is 0 Å². The van der Waals surface area contributed by atoms with Crippen LogP contribution in [0.15, 0.2) is 0 Å². The summed E-state index contributed by atoms with van der Waals surface area (Å²) < 4.78 is 5.23. The molecule has 1 amide bonds. The Morgan fingerprint density at radius 1 is 1.38 bits per heavy atom. The van der Waals surface area contributed by atoms with Crippen LogP contribution in [0.25, 0.3) is 0 Å². The maximum absolute atomic E-state index is 12.2. The van der Waals surface area contributed by atoms with E-state index < -0.39 is 29.5 Å². The first kappa shape index (κ1) is 17.5. The molecule has 2 atom stereocenters. The van der Waals surface area contributed by atoms with Gasteiger partial charge >= 0.3 is 11.9 Å². The molecule has 0 aromatic carbocycles. The monoisotopic (exact) mass is 299 g/mol. The Morgan fingerprint density at radius 3 is 2.38 bits per heavy atom. The fraction of sp³-hybridized carbons (Fsp3) is 0.800. The Morgan fingerprint density at radius 2 is 2.00 bits per heavy atom. The lowest BCUT2D eigenvalue weighted by atomic mass is 9.94. The molecule has 2 unspecified atom stereocenters. The normalized spacial score (nSPS) is 18.5. The molecular formula is C15H25NO5. The fourth-order valence-corrected chi connectivity index (χ4v) is 2.61. The van der Waals surface area contributed by atoms with Gasteiger partial charge in [-0.1, -0.05) is 13.3 Å². The summed E-state index contributed by atoms with van der Waals surface area (Å²) in [6.07, 6.45) is 2.30. The third-order valence-corrected chi connectivity index (χ3v) is 3.41. The predicted molar refractivity (Wildman–Crippen MR) is 76.6 cm³/mol. The number of rotatable bonds is 6. The van der Waals surface area contributed by atoms with Crippen LogP contribution in [0.3, 0.4) is 0 Å². The molecule has 1 aliphatic rings. The lowest BCUT2D eigenvalue weighted by molar-refractivity contribution is -0.170. The molecule has 1 rings (SSSR count). The van der Waals surface area contributed by atoms with E-state index in [1.807, 2.05) is 6.92 Å². The van der Waals surface area contributed by atoms with Crippen LogP contribution in [0, 0.1) is 5.92 Å². The number of carbonyl (C=O) groups is 3. The van der Waals surface area contributed by atoms with Crippen LogP contribution in [0.4, 0.5) is 0 Å². The minimum Gasteiger partial charge on any atom is -0.481 e. The molecule has 1 heterocycles. The topological polar surface area (TPSA) is 83.9 Å². The number of hydrogen-bond acceptors (Lipinski definition) is 4. The van der Waals surface area contributed by atoms with Gasteiger partial charge in [0.25, 0.3) is 0 Å². The highest BCUT2D eigenvalue weighted by molar-refractivity contribution is 5.95. The first-order chi connectivity index (χ1) is 9.67. The minimum absolute atomic E-state index is 0.0803. The average Bonchev–Trinajstić information content (AvgIpc) is 2.71. The zero-order valence-corrected chi connectivity index (χ0v) is 13.2. The van der Waals surface area contributed by atoms with Gasteiger partial charge in [-0.2, -0.15) is 0 Å². The van der Waals surface area contributed by atoms with Gasteiger partial charge in [0.15, 0.2) is 5.92 Å². The van der Waals surface area contributed by atoms with Crippen molar-refractivity contribution in [3.63, 3.8) is 0 Å². The van der Waals surface area contributed by atoms with E-state index in [1.165, 1.54) is 4.90 Å². The Hall–Kier alpha value is -1.59. The molecule has 6 heteroatoms. The van der Waals surface area contributed by atoms with Crippen molar-refractivity contribution in [2.24, 2.45) is 5.92 Å². The number of hydrogen-bond donors (Lipinski definition) is 1. The maximum atomic E-state index is 12.2. The SMILES string of the molecule is CCCC(C(C(=O)O)C(=O)OC(C)(C)C)N1CCCC1=O. The van der Waals surface area contributed by atoms with Gasteiger partial charge in [0.1, 0.15) is 5.60 Å². The van der Waals surface area contributed by atoms with Crippen molar-refractivity contribution in [1.82, 2.24) is 4.90 Å². The zero-order chi connectivity index (χ0) is 16.2. The van der Waals surface area contributed by atoms with Gasteiger partial charge in [0.05, 0.1) is 6.04 Å². The summed E-state index contributed by atoms with van der Waals surface area (Å²) in [7, 11) is 0. The van der Waals surface area contributed by atoms with Crippen molar-refractivity contribution in [2.45, 2.75) is 65.0 Å². The van der Waals surface area contributed by atoms with Gasteiger partial charge in [-0.3, -0.25) is 14.4 Å². The van der Waals surface area contributed by atoms with Crippen molar-refractivity contribution in [2.75, 3.05) is 6.54 Å². The molecule has 120 valence electrons. The van der Waals surface area contributed by atoms with Crippen LogP contribution in [0.2, 0.25) is 0 Å². The molecule has 0 aliphatic carbocycles. The fourth-order valence-electron chi connectivity index (χ4n) is 2.61. The number of nitrogens with zero attached hydrogens (tertiary/aromatic N) is 1. The van der Waals surface area contributed by atoms with Crippen molar-refractivity contribution < 1.29 is 24.2 Å². The summed E-state index contributed by atoms with van der Waals surface area (Å²) in [5, 5.41) is 9.45. The Labute approximate surface area is 125 Å². The van der Waals surface area contributed by atoms with E-state index in [9.17, 15) is 19.5 Å².